The molecule has 2 N–H and O–H groups in total. The van der Waals surface area contributed by atoms with E-state index < -0.39 is 6.10 Å². The first-order valence-electron chi connectivity index (χ1n) is 5.51. The molecule has 0 spiro atoms. The van der Waals surface area contributed by atoms with Crippen molar-refractivity contribution in [3.8, 4) is 0 Å². The molecule has 2 nitrogen and oxygen atoms in total. The zero-order valence-corrected chi connectivity index (χ0v) is 9.99. The number of hydrogen-bond acceptors (Lipinski definition) is 2. The number of rotatable bonds is 4. The molecule has 2 unspecified atom stereocenters. The molecular formula is C13H21NO. The van der Waals surface area contributed by atoms with Crippen LogP contribution in [0.15, 0.2) is 24.3 Å². The Balaban J connectivity index is 2.79. The summed E-state index contributed by atoms with van der Waals surface area (Å²) in [6.07, 6.45) is -0.434. The topological polar surface area (TPSA) is 32.3 Å². The van der Waals surface area contributed by atoms with Gasteiger partial charge in [0.15, 0.2) is 0 Å². The van der Waals surface area contributed by atoms with Crippen LogP contribution in [0.4, 0.5) is 0 Å². The molecule has 0 radical (unpaired) electrons. The van der Waals surface area contributed by atoms with Gasteiger partial charge in [-0.1, -0.05) is 38.1 Å². The lowest BCUT2D eigenvalue weighted by Gasteiger charge is -2.19. The lowest BCUT2D eigenvalue weighted by atomic mass is 9.98. The Labute approximate surface area is 92.3 Å². The summed E-state index contributed by atoms with van der Waals surface area (Å²) in [5.74, 6) is 0.540. The van der Waals surface area contributed by atoms with Gasteiger partial charge in [0.25, 0.3) is 0 Å². The Morgan fingerprint density at radius 1 is 1.00 bits per heavy atom. The van der Waals surface area contributed by atoms with Gasteiger partial charge >= 0.3 is 0 Å². The monoisotopic (exact) mass is 207 g/mol. The van der Waals surface area contributed by atoms with Crippen LogP contribution in [0.1, 0.15) is 43.9 Å². The zero-order valence-electron chi connectivity index (χ0n) is 9.99. The predicted molar refractivity (Wildman–Crippen MR) is 64.0 cm³/mol. The van der Waals surface area contributed by atoms with Gasteiger partial charge in [-0.15, -0.1) is 0 Å². The highest BCUT2D eigenvalue weighted by Crippen LogP contribution is 2.20. The van der Waals surface area contributed by atoms with Crippen LogP contribution in [0, 0.1) is 0 Å². The maximum atomic E-state index is 9.96. The second kappa shape index (κ2) is 5.29. The van der Waals surface area contributed by atoms with Crippen LogP contribution in [-0.4, -0.2) is 18.2 Å². The lowest BCUT2D eigenvalue weighted by molar-refractivity contribution is 0.140. The molecule has 0 aliphatic carbocycles. The van der Waals surface area contributed by atoms with E-state index in [1.54, 1.807) is 0 Å². The number of likely N-dealkylation sites (N-methyl/N-ethyl adjacent to an activating group) is 1. The van der Waals surface area contributed by atoms with Crippen molar-refractivity contribution < 1.29 is 5.11 Å². The van der Waals surface area contributed by atoms with Gasteiger partial charge in [-0.2, -0.15) is 0 Å². The normalized spacial score (nSPS) is 15.3. The summed E-state index contributed by atoms with van der Waals surface area (Å²) in [6.45, 7) is 6.31. The zero-order chi connectivity index (χ0) is 11.4. The molecule has 2 atom stereocenters. The van der Waals surface area contributed by atoms with Crippen LogP contribution in [0.2, 0.25) is 0 Å². The Kier molecular flexibility index (Phi) is 4.30. The van der Waals surface area contributed by atoms with E-state index in [1.807, 2.05) is 26.1 Å². The van der Waals surface area contributed by atoms with Crippen LogP contribution in [0.3, 0.4) is 0 Å². The Morgan fingerprint density at radius 2 is 1.47 bits per heavy atom. The van der Waals surface area contributed by atoms with E-state index in [0.29, 0.717) is 5.92 Å². The van der Waals surface area contributed by atoms with Gasteiger partial charge in [0.1, 0.15) is 0 Å². The molecule has 0 aromatic heterocycles. The number of aliphatic hydroxyl groups is 1. The summed E-state index contributed by atoms with van der Waals surface area (Å²) in [5, 5.41) is 13.0. The van der Waals surface area contributed by atoms with Gasteiger partial charge in [0.2, 0.25) is 0 Å². The van der Waals surface area contributed by atoms with Crippen molar-refractivity contribution >= 4 is 0 Å². The summed E-state index contributed by atoms with van der Waals surface area (Å²) in [7, 11) is 1.86. The molecule has 0 saturated heterocycles. The van der Waals surface area contributed by atoms with Gasteiger partial charge in [0, 0.05) is 6.04 Å². The fraction of sp³-hybridized carbons (Fsp3) is 0.538. The molecule has 84 valence electrons. The van der Waals surface area contributed by atoms with E-state index in [1.165, 1.54) is 5.56 Å². The minimum absolute atomic E-state index is 0.0786. The van der Waals surface area contributed by atoms with E-state index >= 15 is 0 Å². The van der Waals surface area contributed by atoms with Gasteiger partial charge in [-0.25, -0.2) is 0 Å². The Bertz CT molecular complexity index is 292. The molecule has 0 fully saturated rings. The largest absolute Gasteiger partial charge is 0.387 e. The molecule has 0 bridgehead atoms. The second-order valence-electron chi connectivity index (χ2n) is 4.34. The average Bonchev–Trinajstić information content (AvgIpc) is 2.27. The quantitative estimate of drug-likeness (QED) is 0.795. The molecule has 1 aromatic carbocycles. The fourth-order valence-electron chi connectivity index (χ4n) is 1.52. The Hall–Kier alpha value is -0.860. The number of hydrogen-bond donors (Lipinski definition) is 2. The summed E-state index contributed by atoms with van der Waals surface area (Å²) in [6, 6.07) is 8.27. The van der Waals surface area contributed by atoms with Gasteiger partial charge in [0.05, 0.1) is 6.10 Å². The summed E-state index contributed by atoms with van der Waals surface area (Å²) >= 11 is 0. The first-order chi connectivity index (χ1) is 7.06. The SMILES string of the molecule is CNC(C)C(O)c1ccc(C(C)C)cc1. The summed E-state index contributed by atoms with van der Waals surface area (Å²) in [5.41, 5.74) is 2.28. The molecule has 1 aromatic rings. The third-order valence-corrected chi connectivity index (χ3v) is 2.87. The molecule has 1 rings (SSSR count). The maximum Gasteiger partial charge on any atom is 0.0940 e. The molecular weight excluding hydrogens is 186 g/mol. The highest BCUT2D eigenvalue weighted by atomic mass is 16.3. The molecule has 0 aliphatic rings. The van der Waals surface area contributed by atoms with Crippen molar-refractivity contribution in [2.45, 2.75) is 38.8 Å². The maximum absolute atomic E-state index is 9.96. The average molecular weight is 207 g/mol. The summed E-state index contributed by atoms with van der Waals surface area (Å²) in [4.78, 5) is 0. The molecule has 0 amide bonds. The van der Waals surface area contributed by atoms with Crippen molar-refractivity contribution in [3.63, 3.8) is 0 Å². The van der Waals surface area contributed by atoms with Crippen LogP contribution in [0.25, 0.3) is 0 Å². The third-order valence-electron chi connectivity index (χ3n) is 2.87. The molecule has 2 heteroatoms. The predicted octanol–water partition coefficient (Wildman–Crippen LogP) is 2.45. The second-order valence-corrected chi connectivity index (χ2v) is 4.34. The van der Waals surface area contributed by atoms with Crippen molar-refractivity contribution in [3.05, 3.63) is 35.4 Å². The van der Waals surface area contributed by atoms with E-state index in [0.717, 1.165) is 5.56 Å². The third kappa shape index (κ3) is 3.05. The van der Waals surface area contributed by atoms with E-state index in [-0.39, 0.29) is 6.04 Å². The van der Waals surface area contributed by atoms with Gasteiger partial charge < -0.3 is 10.4 Å². The van der Waals surface area contributed by atoms with E-state index in [9.17, 15) is 5.11 Å². The first-order valence-corrected chi connectivity index (χ1v) is 5.51. The van der Waals surface area contributed by atoms with Gasteiger partial charge in [-0.05, 0) is 31.0 Å². The van der Waals surface area contributed by atoms with Gasteiger partial charge in [-0.3, -0.25) is 0 Å². The number of benzene rings is 1. The minimum Gasteiger partial charge on any atom is -0.387 e. The Morgan fingerprint density at radius 3 is 1.87 bits per heavy atom. The molecule has 15 heavy (non-hydrogen) atoms. The number of nitrogens with one attached hydrogen (secondary N) is 1. The van der Waals surface area contributed by atoms with Crippen LogP contribution >= 0.6 is 0 Å². The van der Waals surface area contributed by atoms with E-state index in [4.69, 9.17) is 0 Å². The van der Waals surface area contributed by atoms with Crippen molar-refractivity contribution in [2.24, 2.45) is 0 Å². The standard InChI is InChI=1S/C13H21NO/c1-9(2)11-5-7-12(8-6-11)13(15)10(3)14-4/h5-10,13-15H,1-4H3. The molecule has 0 saturated carbocycles. The summed E-state index contributed by atoms with van der Waals surface area (Å²) < 4.78 is 0. The smallest absolute Gasteiger partial charge is 0.0940 e. The van der Waals surface area contributed by atoms with Crippen molar-refractivity contribution in [1.82, 2.24) is 5.32 Å². The molecule has 0 aliphatic heterocycles. The van der Waals surface area contributed by atoms with Crippen LogP contribution < -0.4 is 5.32 Å². The van der Waals surface area contributed by atoms with Crippen LogP contribution in [0.5, 0.6) is 0 Å². The van der Waals surface area contributed by atoms with Crippen molar-refractivity contribution in [2.75, 3.05) is 7.05 Å². The lowest BCUT2D eigenvalue weighted by Crippen LogP contribution is -2.28. The molecule has 0 heterocycles. The minimum atomic E-state index is -0.434. The fourth-order valence-corrected chi connectivity index (χ4v) is 1.52. The van der Waals surface area contributed by atoms with Crippen molar-refractivity contribution in [1.29, 1.82) is 0 Å². The number of aliphatic hydroxyl groups excluding tert-OH is 1. The van der Waals surface area contributed by atoms with Crippen LogP contribution in [-0.2, 0) is 0 Å². The highest BCUT2D eigenvalue weighted by molar-refractivity contribution is 5.26. The van der Waals surface area contributed by atoms with E-state index in [2.05, 4.69) is 31.3 Å². The highest BCUT2D eigenvalue weighted by Gasteiger charge is 2.14. The first kappa shape index (κ1) is 12.2.